The number of piperazine rings is 1. The predicted molar refractivity (Wildman–Crippen MR) is 98.3 cm³/mol. The predicted octanol–water partition coefficient (Wildman–Crippen LogP) is 3.75. The molecule has 0 atom stereocenters. The summed E-state index contributed by atoms with van der Waals surface area (Å²) < 4.78 is 5.47. The van der Waals surface area contributed by atoms with Gasteiger partial charge in [-0.15, -0.1) is 0 Å². The van der Waals surface area contributed by atoms with Gasteiger partial charge in [-0.2, -0.15) is 0 Å². The average Bonchev–Trinajstić information content (AvgIpc) is 3.00. The molecule has 1 aromatic heterocycles. The topological polar surface area (TPSA) is 49.6 Å². The van der Waals surface area contributed by atoms with Crippen LogP contribution in [0.4, 0.5) is 5.69 Å². The molecule has 1 saturated heterocycles. The third kappa shape index (κ3) is 3.20. The van der Waals surface area contributed by atoms with Crippen LogP contribution in [0.5, 0.6) is 0 Å². The van der Waals surface area contributed by atoms with Crippen molar-refractivity contribution in [3.63, 3.8) is 0 Å². The van der Waals surface area contributed by atoms with Crippen molar-refractivity contribution in [3.05, 3.63) is 58.9 Å². The number of oxazole rings is 1. The molecule has 2 aromatic carbocycles. The van der Waals surface area contributed by atoms with Gasteiger partial charge in [0.05, 0.1) is 0 Å². The lowest BCUT2D eigenvalue weighted by Crippen LogP contribution is -2.48. The molecule has 1 fully saturated rings. The number of halogens is 1. The molecule has 6 heteroatoms. The van der Waals surface area contributed by atoms with Gasteiger partial charge in [0, 0.05) is 49.4 Å². The molecule has 1 amide bonds. The molecule has 4 rings (SSSR count). The van der Waals surface area contributed by atoms with Gasteiger partial charge in [0.2, 0.25) is 0 Å². The van der Waals surface area contributed by atoms with Gasteiger partial charge in [0.25, 0.3) is 5.91 Å². The van der Waals surface area contributed by atoms with E-state index in [4.69, 9.17) is 16.0 Å². The molecule has 1 aliphatic rings. The van der Waals surface area contributed by atoms with Crippen molar-refractivity contribution in [2.24, 2.45) is 0 Å². The summed E-state index contributed by atoms with van der Waals surface area (Å²) in [4.78, 5) is 21.2. The molecular formula is C19H18ClN3O2. The number of amides is 1. The summed E-state index contributed by atoms with van der Waals surface area (Å²) >= 11 is 6.07. The van der Waals surface area contributed by atoms with Gasteiger partial charge in [-0.1, -0.05) is 17.7 Å². The van der Waals surface area contributed by atoms with Crippen molar-refractivity contribution in [2.45, 2.75) is 6.92 Å². The van der Waals surface area contributed by atoms with E-state index in [0.717, 1.165) is 29.3 Å². The second-order valence-corrected chi connectivity index (χ2v) is 6.61. The van der Waals surface area contributed by atoms with E-state index in [0.29, 0.717) is 30.1 Å². The standard InChI is InChI=1S/C19H18ClN3O2/c1-13-21-17-11-14(5-6-18(17)25-13)19(24)23-9-7-22(8-10-23)16-4-2-3-15(20)12-16/h2-6,11-12H,7-10H2,1H3. The highest BCUT2D eigenvalue weighted by Crippen LogP contribution is 2.22. The number of fused-ring (bicyclic) bond motifs is 1. The lowest BCUT2D eigenvalue weighted by molar-refractivity contribution is 0.0747. The van der Waals surface area contributed by atoms with Gasteiger partial charge < -0.3 is 14.2 Å². The zero-order valence-corrected chi connectivity index (χ0v) is 14.7. The second-order valence-electron chi connectivity index (χ2n) is 6.17. The highest BCUT2D eigenvalue weighted by Gasteiger charge is 2.23. The average molecular weight is 356 g/mol. The first-order valence-corrected chi connectivity index (χ1v) is 8.65. The molecule has 0 aliphatic carbocycles. The molecule has 0 bridgehead atoms. The van der Waals surface area contributed by atoms with E-state index in [1.165, 1.54) is 0 Å². The molecule has 5 nitrogen and oxygen atoms in total. The van der Waals surface area contributed by atoms with Gasteiger partial charge >= 0.3 is 0 Å². The maximum atomic E-state index is 12.8. The first-order chi connectivity index (χ1) is 12.1. The van der Waals surface area contributed by atoms with Crippen LogP contribution in [0.2, 0.25) is 5.02 Å². The van der Waals surface area contributed by atoms with Gasteiger partial charge in [-0.25, -0.2) is 4.98 Å². The largest absolute Gasteiger partial charge is 0.441 e. The third-order valence-corrected chi connectivity index (χ3v) is 4.72. The minimum absolute atomic E-state index is 0.0355. The van der Waals surface area contributed by atoms with Crippen molar-refractivity contribution >= 4 is 34.3 Å². The Bertz CT molecular complexity index is 929. The van der Waals surface area contributed by atoms with Crippen LogP contribution in [-0.2, 0) is 0 Å². The minimum atomic E-state index is 0.0355. The molecule has 0 unspecified atom stereocenters. The minimum Gasteiger partial charge on any atom is -0.441 e. The van der Waals surface area contributed by atoms with E-state index in [1.54, 1.807) is 19.1 Å². The number of aromatic nitrogens is 1. The Labute approximate surface area is 150 Å². The van der Waals surface area contributed by atoms with E-state index < -0.39 is 0 Å². The summed E-state index contributed by atoms with van der Waals surface area (Å²) in [6.45, 7) is 4.74. The molecule has 3 aromatic rings. The van der Waals surface area contributed by atoms with E-state index in [9.17, 15) is 4.79 Å². The summed E-state index contributed by atoms with van der Waals surface area (Å²) in [6, 6.07) is 13.2. The smallest absolute Gasteiger partial charge is 0.254 e. The SMILES string of the molecule is Cc1nc2cc(C(=O)N3CCN(c4cccc(Cl)c4)CC3)ccc2o1. The van der Waals surface area contributed by atoms with Gasteiger partial charge in [0.1, 0.15) is 5.52 Å². The third-order valence-electron chi connectivity index (χ3n) is 4.48. The van der Waals surface area contributed by atoms with Crippen LogP contribution in [0.25, 0.3) is 11.1 Å². The number of anilines is 1. The number of hydrogen-bond donors (Lipinski definition) is 0. The molecule has 128 valence electrons. The van der Waals surface area contributed by atoms with E-state index in [2.05, 4.69) is 9.88 Å². The monoisotopic (exact) mass is 355 g/mol. The molecule has 2 heterocycles. The number of benzene rings is 2. The number of carbonyl (C=O) groups is 1. The van der Waals surface area contributed by atoms with Crippen LogP contribution in [0, 0.1) is 6.92 Å². The van der Waals surface area contributed by atoms with Crippen LogP contribution in [0.1, 0.15) is 16.2 Å². The normalized spacial score (nSPS) is 15.0. The fraction of sp³-hybridized carbons (Fsp3) is 0.263. The summed E-state index contributed by atoms with van der Waals surface area (Å²) in [5.74, 6) is 0.642. The van der Waals surface area contributed by atoms with Crippen LogP contribution in [-0.4, -0.2) is 42.0 Å². The van der Waals surface area contributed by atoms with Crippen molar-refractivity contribution in [2.75, 3.05) is 31.1 Å². The zero-order chi connectivity index (χ0) is 17.4. The highest BCUT2D eigenvalue weighted by molar-refractivity contribution is 6.30. The molecule has 0 spiro atoms. The molecule has 1 aliphatic heterocycles. The first-order valence-electron chi connectivity index (χ1n) is 8.27. The second kappa shape index (κ2) is 6.41. The quantitative estimate of drug-likeness (QED) is 0.702. The summed E-state index contributed by atoms with van der Waals surface area (Å²) in [5.41, 5.74) is 3.18. The molecule has 25 heavy (non-hydrogen) atoms. The Morgan fingerprint density at radius 1 is 1.12 bits per heavy atom. The lowest BCUT2D eigenvalue weighted by atomic mass is 10.1. The maximum Gasteiger partial charge on any atom is 0.254 e. The van der Waals surface area contributed by atoms with Crippen molar-refractivity contribution in [1.29, 1.82) is 0 Å². The van der Waals surface area contributed by atoms with Crippen LogP contribution >= 0.6 is 11.6 Å². The van der Waals surface area contributed by atoms with Crippen LogP contribution in [0.15, 0.2) is 46.9 Å². The Balaban J connectivity index is 1.46. The maximum absolute atomic E-state index is 12.8. The van der Waals surface area contributed by atoms with E-state index >= 15 is 0 Å². The Hall–Kier alpha value is -2.53. The van der Waals surface area contributed by atoms with Crippen molar-refractivity contribution in [1.82, 2.24) is 9.88 Å². The Kier molecular flexibility index (Phi) is 4.09. The first kappa shape index (κ1) is 16.0. The highest BCUT2D eigenvalue weighted by atomic mass is 35.5. The number of aryl methyl sites for hydroxylation is 1. The Morgan fingerprint density at radius 3 is 2.68 bits per heavy atom. The summed E-state index contributed by atoms with van der Waals surface area (Å²) in [6.07, 6.45) is 0. The fourth-order valence-corrected chi connectivity index (χ4v) is 3.38. The Morgan fingerprint density at radius 2 is 1.92 bits per heavy atom. The number of carbonyl (C=O) groups excluding carboxylic acids is 1. The lowest BCUT2D eigenvalue weighted by Gasteiger charge is -2.36. The van der Waals surface area contributed by atoms with Crippen LogP contribution in [0.3, 0.4) is 0 Å². The number of nitrogens with zero attached hydrogens (tertiary/aromatic N) is 3. The van der Waals surface area contributed by atoms with E-state index in [-0.39, 0.29) is 5.91 Å². The number of hydrogen-bond acceptors (Lipinski definition) is 4. The fourth-order valence-electron chi connectivity index (χ4n) is 3.20. The van der Waals surface area contributed by atoms with Crippen molar-refractivity contribution < 1.29 is 9.21 Å². The van der Waals surface area contributed by atoms with Gasteiger partial charge in [-0.3, -0.25) is 4.79 Å². The van der Waals surface area contributed by atoms with Crippen molar-refractivity contribution in [3.8, 4) is 0 Å². The molecule has 0 radical (unpaired) electrons. The van der Waals surface area contributed by atoms with Gasteiger partial charge in [0.15, 0.2) is 11.5 Å². The molecule has 0 N–H and O–H groups in total. The van der Waals surface area contributed by atoms with Gasteiger partial charge in [-0.05, 0) is 36.4 Å². The van der Waals surface area contributed by atoms with E-state index in [1.807, 2.05) is 35.2 Å². The zero-order valence-electron chi connectivity index (χ0n) is 13.9. The number of rotatable bonds is 2. The summed E-state index contributed by atoms with van der Waals surface area (Å²) in [7, 11) is 0. The van der Waals surface area contributed by atoms with Crippen LogP contribution < -0.4 is 4.90 Å². The summed E-state index contributed by atoms with van der Waals surface area (Å²) in [5, 5.41) is 0.729. The molecule has 0 saturated carbocycles. The molecular weight excluding hydrogens is 338 g/mol.